The Morgan fingerprint density at radius 3 is 2.41 bits per heavy atom. The van der Waals surface area contributed by atoms with Crippen LogP contribution < -0.4 is 5.32 Å². The van der Waals surface area contributed by atoms with Gasteiger partial charge in [0.2, 0.25) is 11.8 Å². The molecule has 9 nitrogen and oxygen atoms in total. The van der Waals surface area contributed by atoms with Crippen molar-refractivity contribution in [1.29, 1.82) is 0 Å². The molecule has 180 valence electrons. The van der Waals surface area contributed by atoms with Crippen LogP contribution >= 0.6 is 15.9 Å². The Morgan fingerprint density at radius 2 is 1.81 bits per heavy atom. The Labute approximate surface area is 197 Å². The van der Waals surface area contributed by atoms with Crippen molar-refractivity contribution in [2.45, 2.75) is 59.0 Å². The van der Waals surface area contributed by atoms with Crippen LogP contribution in [-0.2, 0) is 28.7 Å². The maximum absolute atomic E-state index is 12.9. The smallest absolute Gasteiger partial charge is 0.407 e. The number of rotatable bonds is 9. The Kier molecular flexibility index (Phi) is 10.1. The van der Waals surface area contributed by atoms with Crippen LogP contribution in [-0.4, -0.2) is 65.7 Å². The lowest BCUT2D eigenvalue weighted by molar-refractivity contribution is -0.159. The number of nitrogens with zero attached hydrogens (tertiary/aromatic N) is 1. The molecule has 2 rings (SSSR count). The third-order valence-electron chi connectivity index (χ3n) is 6.02. The number of alkyl carbamates (subject to hydrolysis) is 1. The Balaban J connectivity index is 2.11. The SMILES string of the molecule is CCOC(=O)CN1C(=O)CC(C[C@@H](OC(=O)NCCBr)C2C[C@@H](C)CC(C)C2=O)CC1=O. The average molecular weight is 517 g/mol. The number of esters is 1. The zero-order chi connectivity index (χ0) is 23.8. The Bertz CT molecular complexity index is 711. The molecule has 1 aliphatic heterocycles. The highest BCUT2D eigenvalue weighted by molar-refractivity contribution is 9.09. The number of nitrogens with one attached hydrogen (secondary N) is 1. The summed E-state index contributed by atoms with van der Waals surface area (Å²) in [5.41, 5.74) is 0. The van der Waals surface area contributed by atoms with Crippen molar-refractivity contribution < 1.29 is 33.4 Å². The fourth-order valence-corrected chi connectivity index (χ4v) is 4.82. The van der Waals surface area contributed by atoms with Crippen LogP contribution in [0.4, 0.5) is 4.79 Å². The van der Waals surface area contributed by atoms with E-state index in [1.165, 1.54) is 0 Å². The van der Waals surface area contributed by atoms with Gasteiger partial charge in [-0.05, 0) is 38.0 Å². The van der Waals surface area contributed by atoms with Crippen LogP contribution in [0, 0.1) is 23.7 Å². The molecule has 2 aliphatic rings. The summed E-state index contributed by atoms with van der Waals surface area (Å²) < 4.78 is 10.5. The minimum absolute atomic E-state index is 0.0417. The summed E-state index contributed by atoms with van der Waals surface area (Å²) in [6, 6.07) is 0. The lowest BCUT2D eigenvalue weighted by Crippen LogP contribution is -2.48. The van der Waals surface area contributed by atoms with Gasteiger partial charge in [-0.15, -0.1) is 0 Å². The molecule has 1 aliphatic carbocycles. The molecular formula is C22H33BrN2O7. The van der Waals surface area contributed by atoms with E-state index >= 15 is 0 Å². The van der Waals surface area contributed by atoms with Crippen LogP contribution in [0.5, 0.6) is 0 Å². The molecule has 0 aromatic rings. The van der Waals surface area contributed by atoms with E-state index in [2.05, 4.69) is 28.2 Å². The van der Waals surface area contributed by atoms with Gasteiger partial charge < -0.3 is 14.8 Å². The molecule has 0 aromatic heterocycles. The molecule has 10 heteroatoms. The van der Waals surface area contributed by atoms with Crippen molar-refractivity contribution in [3.63, 3.8) is 0 Å². The van der Waals surface area contributed by atoms with Crippen molar-refractivity contribution >= 4 is 45.6 Å². The van der Waals surface area contributed by atoms with Gasteiger partial charge in [0.1, 0.15) is 18.4 Å². The van der Waals surface area contributed by atoms with E-state index in [1.54, 1.807) is 6.92 Å². The second-order valence-corrected chi connectivity index (χ2v) is 9.53. The lowest BCUT2D eigenvalue weighted by Gasteiger charge is -2.37. The number of hydrogen-bond donors (Lipinski definition) is 1. The van der Waals surface area contributed by atoms with E-state index in [-0.39, 0.29) is 43.5 Å². The largest absolute Gasteiger partial charge is 0.465 e. The summed E-state index contributed by atoms with van der Waals surface area (Å²) in [5.74, 6) is -2.16. The number of likely N-dealkylation sites (tertiary alicyclic amines) is 1. The zero-order valence-corrected chi connectivity index (χ0v) is 20.5. The number of hydrogen-bond acceptors (Lipinski definition) is 7. The van der Waals surface area contributed by atoms with Crippen LogP contribution in [0.3, 0.4) is 0 Å². The van der Waals surface area contributed by atoms with Gasteiger partial charge >= 0.3 is 12.1 Å². The fourth-order valence-electron chi connectivity index (χ4n) is 4.62. The number of ether oxygens (including phenoxy) is 2. The second-order valence-electron chi connectivity index (χ2n) is 8.73. The van der Waals surface area contributed by atoms with Gasteiger partial charge in [0.15, 0.2) is 0 Å². The summed E-state index contributed by atoms with van der Waals surface area (Å²) in [6.07, 6.45) is 0.378. The second kappa shape index (κ2) is 12.3. The van der Waals surface area contributed by atoms with E-state index in [0.717, 1.165) is 11.3 Å². The van der Waals surface area contributed by atoms with Gasteiger partial charge in [-0.1, -0.05) is 29.8 Å². The summed E-state index contributed by atoms with van der Waals surface area (Å²) in [5, 5.41) is 3.18. The third-order valence-corrected chi connectivity index (χ3v) is 6.42. The first-order valence-electron chi connectivity index (χ1n) is 11.2. The van der Waals surface area contributed by atoms with Crippen molar-refractivity contribution in [2.24, 2.45) is 23.7 Å². The molecule has 3 amide bonds. The number of carbonyl (C=O) groups excluding carboxylic acids is 5. The van der Waals surface area contributed by atoms with Crippen LogP contribution in [0.15, 0.2) is 0 Å². The molecule has 0 spiro atoms. The Morgan fingerprint density at radius 1 is 1.16 bits per heavy atom. The van der Waals surface area contributed by atoms with Crippen LogP contribution in [0.25, 0.3) is 0 Å². The van der Waals surface area contributed by atoms with E-state index < -0.39 is 42.4 Å². The van der Waals surface area contributed by atoms with Gasteiger partial charge in [-0.3, -0.25) is 24.1 Å². The number of halogens is 1. The van der Waals surface area contributed by atoms with E-state index in [0.29, 0.717) is 24.2 Å². The molecule has 2 fully saturated rings. The highest BCUT2D eigenvalue weighted by Crippen LogP contribution is 2.36. The number of piperidine rings is 1. The average Bonchev–Trinajstić information content (AvgIpc) is 2.71. The number of amides is 3. The van der Waals surface area contributed by atoms with Crippen molar-refractivity contribution in [1.82, 2.24) is 10.2 Å². The van der Waals surface area contributed by atoms with Crippen molar-refractivity contribution in [2.75, 3.05) is 25.0 Å². The Hall–Kier alpha value is -1.97. The third kappa shape index (κ3) is 7.28. The number of alkyl halides is 1. The quantitative estimate of drug-likeness (QED) is 0.284. The summed E-state index contributed by atoms with van der Waals surface area (Å²) in [7, 11) is 0. The monoisotopic (exact) mass is 516 g/mol. The molecule has 1 saturated heterocycles. The summed E-state index contributed by atoms with van der Waals surface area (Å²) in [6.45, 7) is 5.74. The molecule has 32 heavy (non-hydrogen) atoms. The maximum Gasteiger partial charge on any atom is 0.407 e. The fraction of sp³-hybridized carbons (Fsp3) is 0.773. The predicted octanol–water partition coefficient (Wildman–Crippen LogP) is 2.45. The first-order chi connectivity index (χ1) is 15.2. The predicted molar refractivity (Wildman–Crippen MR) is 119 cm³/mol. The molecule has 0 radical (unpaired) electrons. The van der Waals surface area contributed by atoms with Crippen molar-refractivity contribution in [3.05, 3.63) is 0 Å². The normalized spacial score (nSPS) is 25.4. The van der Waals surface area contributed by atoms with Gasteiger partial charge in [-0.25, -0.2) is 4.79 Å². The molecule has 0 bridgehead atoms. The molecule has 1 N–H and O–H groups in total. The first kappa shape index (κ1) is 26.3. The van der Waals surface area contributed by atoms with Gasteiger partial charge in [0.05, 0.1) is 12.5 Å². The number of ketones is 1. The highest BCUT2D eigenvalue weighted by atomic mass is 79.9. The summed E-state index contributed by atoms with van der Waals surface area (Å²) in [4.78, 5) is 62.9. The number of Topliss-reactive ketones (excluding diaryl/α,β-unsaturated/α-hetero) is 1. The minimum Gasteiger partial charge on any atom is -0.465 e. The molecule has 4 atom stereocenters. The maximum atomic E-state index is 12.9. The summed E-state index contributed by atoms with van der Waals surface area (Å²) >= 11 is 3.23. The number of imide groups is 1. The molecule has 1 heterocycles. The zero-order valence-electron chi connectivity index (χ0n) is 18.9. The van der Waals surface area contributed by atoms with E-state index in [4.69, 9.17) is 9.47 Å². The van der Waals surface area contributed by atoms with E-state index in [9.17, 15) is 24.0 Å². The molecule has 0 aromatic carbocycles. The molecule has 2 unspecified atom stereocenters. The molecular weight excluding hydrogens is 484 g/mol. The van der Waals surface area contributed by atoms with E-state index in [1.807, 2.05) is 6.92 Å². The first-order valence-corrected chi connectivity index (χ1v) is 12.3. The van der Waals surface area contributed by atoms with Crippen LogP contribution in [0.1, 0.15) is 52.9 Å². The lowest BCUT2D eigenvalue weighted by atomic mass is 9.71. The van der Waals surface area contributed by atoms with Gasteiger partial charge in [0, 0.05) is 30.6 Å². The van der Waals surface area contributed by atoms with Gasteiger partial charge in [-0.2, -0.15) is 0 Å². The topological polar surface area (TPSA) is 119 Å². The standard InChI is InChI=1S/C22H33BrN2O7/c1-4-31-20(28)12-25-18(26)10-15(11-19(25)27)9-17(32-22(30)24-6-5-23)16-8-13(2)7-14(3)21(16)29/h13-17H,4-12H2,1-3H3,(H,24,30)/t13-,14?,16?,17+/m0/s1. The molecule has 1 saturated carbocycles. The van der Waals surface area contributed by atoms with Gasteiger partial charge in [0.25, 0.3) is 0 Å². The van der Waals surface area contributed by atoms with Crippen LogP contribution in [0.2, 0.25) is 0 Å². The number of carbonyl (C=O) groups is 5. The minimum atomic E-state index is -0.717. The van der Waals surface area contributed by atoms with Crippen molar-refractivity contribution in [3.8, 4) is 0 Å². The highest BCUT2D eigenvalue weighted by Gasteiger charge is 2.42.